The molecule has 1 saturated heterocycles. The number of hydrogen-bond donors (Lipinski definition) is 2. The third-order valence-corrected chi connectivity index (χ3v) is 5.14. The van der Waals surface area contributed by atoms with Gasteiger partial charge in [-0.25, -0.2) is 8.78 Å². The number of nitrogens with zero attached hydrogens (tertiary/aromatic N) is 2. The van der Waals surface area contributed by atoms with E-state index in [0.29, 0.717) is 13.0 Å². The van der Waals surface area contributed by atoms with E-state index in [-0.39, 0.29) is 29.6 Å². The number of halogens is 2. The molecular weight excluding hydrogens is 382 g/mol. The van der Waals surface area contributed by atoms with Crippen LogP contribution in [0.15, 0.2) is 36.7 Å². The molecule has 0 saturated carbocycles. The van der Waals surface area contributed by atoms with Gasteiger partial charge in [0, 0.05) is 31.5 Å². The molecule has 1 aromatic heterocycles. The molecule has 29 heavy (non-hydrogen) atoms. The van der Waals surface area contributed by atoms with Crippen molar-refractivity contribution in [2.75, 3.05) is 27.3 Å². The molecule has 1 aromatic carbocycles. The number of rotatable bonds is 6. The van der Waals surface area contributed by atoms with Crippen molar-refractivity contribution >= 4 is 12.2 Å². The van der Waals surface area contributed by atoms with Gasteiger partial charge in [-0.05, 0) is 31.7 Å². The number of carbonyl (C=O) groups is 1. The molecule has 1 amide bonds. The van der Waals surface area contributed by atoms with Gasteiger partial charge in [-0.2, -0.15) is 0 Å². The van der Waals surface area contributed by atoms with Gasteiger partial charge in [-0.15, -0.1) is 0 Å². The molecule has 9 heteroatoms. The molecule has 1 aliphatic rings. The monoisotopic (exact) mass is 404 g/mol. The average molecular weight is 404 g/mol. The summed E-state index contributed by atoms with van der Waals surface area (Å²) in [5.41, 5.74) is -1.00. The molecule has 2 heterocycles. The second kappa shape index (κ2) is 8.62. The van der Waals surface area contributed by atoms with Crippen LogP contribution in [0.5, 0.6) is 11.5 Å². The van der Waals surface area contributed by atoms with E-state index in [2.05, 4.69) is 10.3 Å². The summed E-state index contributed by atoms with van der Waals surface area (Å²) >= 11 is 0. The van der Waals surface area contributed by atoms with Crippen LogP contribution in [-0.2, 0) is 15.1 Å². The second-order valence-electron chi connectivity index (χ2n) is 6.74. The van der Waals surface area contributed by atoms with Crippen LogP contribution in [0.1, 0.15) is 12.0 Å². The summed E-state index contributed by atoms with van der Waals surface area (Å²) in [7, 11) is 3.10. The van der Waals surface area contributed by atoms with Crippen molar-refractivity contribution in [3.05, 3.63) is 53.9 Å². The van der Waals surface area contributed by atoms with E-state index in [1.54, 1.807) is 7.05 Å². The Morgan fingerprint density at radius 1 is 1.41 bits per heavy atom. The summed E-state index contributed by atoms with van der Waals surface area (Å²) in [6.07, 6.45) is 3.67. The van der Waals surface area contributed by atoms with Crippen molar-refractivity contribution in [3.63, 3.8) is 0 Å². The van der Waals surface area contributed by atoms with Crippen molar-refractivity contribution in [1.29, 1.82) is 5.41 Å². The molecule has 1 aliphatic heterocycles. The van der Waals surface area contributed by atoms with Gasteiger partial charge < -0.3 is 19.7 Å². The van der Waals surface area contributed by atoms with Gasteiger partial charge in [-0.1, -0.05) is 0 Å². The topological polar surface area (TPSA) is 87.5 Å². The normalized spacial score (nSPS) is 21.4. The highest BCUT2D eigenvalue weighted by Gasteiger charge is 2.48. The number of hydrogen-bond acceptors (Lipinski definition) is 6. The standard InChI is InChI=1S/C20H22F2N4O3/c1-24-20(11-28-8-6-14(20)19(27)26(2)12-23)15-9-13(3-4-16(15)21)29-18-5-7-25-10-17(18)22/h3-5,7,9-10,12,14,23-24H,6,8,11H2,1-2H3/t14-,20-/m0/s1. The Hall–Kier alpha value is -2.91. The maximum atomic E-state index is 14.9. The lowest BCUT2D eigenvalue weighted by Crippen LogP contribution is -2.58. The summed E-state index contributed by atoms with van der Waals surface area (Å²) in [4.78, 5) is 17.7. The Morgan fingerprint density at radius 3 is 2.90 bits per heavy atom. The smallest absolute Gasteiger partial charge is 0.232 e. The molecular formula is C20H22F2N4O3. The summed E-state index contributed by atoms with van der Waals surface area (Å²) in [5, 5.41) is 10.4. The molecule has 2 aromatic rings. The van der Waals surface area contributed by atoms with Crippen molar-refractivity contribution in [3.8, 4) is 11.5 Å². The minimum Gasteiger partial charge on any atom is -0.454 e. The lowest BCUT2D eigenvalue weighted by Gasteiger charge is -2.44. The SMILES string of the molecule is CN[C@@]1(c2cc(Oc3ccncc3F)ccc2F)COCC[C@H]1C(=O)N(C)C=N. The Morgan fingerprint density at radius 2 is 2.21 bits per heavy atom. The molecule has 0 unspecified atom stereocenters. The lowest BCUT2D eigenvalue weighted by atomic mass is 9.74. The number of benzene rings is 1. The molecule has 2 atom stereocenters. The molecule has 0 bridgehead atoms. The van der Waals surface area contributed by atoms with Crippen molar-refractivity contribution < 1.29 is 23.0 Å². The molecule has 1 fully saturated rings. The maximum Gasteiger partial charge on any atom is 0.232 e. The van der Waals surface area contributed by atoms with Crippen LogP contribution in [0.3, 0.4) is 0 Å². The zero-order valence-corrected chi connectivity index (χ0v) is 16.1. The van der Waals surface area contributed by atoms with E-state index in [1.165, 1.54) is 37.5 Å². The largest absolute Gasteiger partial charge is 0.454 e. The fraction of sp³-hybridized carbons (Fsp3) is 0.350. The highest BCUT2D eigenvalue weighted by Crippen LogP contribution is 2.40. The lowest BCUT2D eigenvalue weighted by molar-refractivity contribution is -0.140. The van der Waals surface area contributed by atoms with Crippen LogP contribution in [0, 0.1) is 23.0 Å². The first-order valence-electron chi connectivity index (χ1n) is 9.04. The molecule has 0 radical (unpaired) electrons. The quantitative estimate of drug-likeness (QED) is 0.571. The van der Waals surface area contributed by atoms with Crippen molar-refractivity contribution in [1.82, 2.24) is 15.2 Å². The molecule has 154 valence electrons. The Balaban J connectivity index is 2.04. The fourth-order valence-corrected chi connectivity index (χ4v) is 3.55. The molecule has 3 rings (SSSR count). The van der Waals surface area contributed by atoms with Crippen LogP contribution in [0.25, 0.3) is 0 Å². The third kappa shape index (κ3) is 3.96. The van der Waals surface area contributed by atoms with Gasteiger partial charge in [0.05, 0.1) is 30.6 Å². The van der Waals surface area contributed by atoms with E-state index >= 15 is 0 Å². The van der Waals surface area contributed by atoms with Gasteiger partial charge in [-0.3, -0.25) is 15.2 Å². The summed E-state index contributed by atoms with van der Waals surface area (Å²) in [6, 6.07) is 5.39. The first kappa shape index (κ1) is 20.8. The summed E-state index contributed by atoms with van der Waals surface area (Å²) < 4.78 is 40.0. The predicted molar refractivity (Wildman–Crippen MR) is 102 cm³/mol. The predicted octanol–water partition coefficient (Wildman–Crippen LogP) is 2.67. The minimum atomic E-state index is -1.17. The van der Waals surface area contributed by atoms with Crippen LogP contribution in [-0.4, -0.2) is 49.4 Å². The number of likely N-dealkylation sites (N-methyl/N-ethyl adjacent to an activating group) is 1. The number of ether oxygens (including phenoxy) is 2. The van der Waals surface area contributed by atoms with Gasteiger partial charge in [0.15, 0.2) is 11.6 Å². The second-order valence-corrected chi connectivity index (χ2v) is 6.74. The zero-order valence-electron chi connectivity index (χ0n) is 16.1. The van der Waals surface area contributed by atoms with E-state index in [4.69, 9.17) is 14.9 Å². The van der Waals surface area contributed by atoms with Crippen LogP contribution in [0.4, 0.5) is 8.78 Å². The van der Waals surface area contributed by atoms with Gasteiger partial charge in [0.2, 0.25) is 5.91 Å². The zero-order chi connectivity index (χ0) is 21.0. The number of carbonyl (C=O) groups excluding carboxylic acids is 1. The van der Waals surface area contributed by atoms with Crippen LogP contribution >= 0.6 is 0 Å². The van der Waals surface area contributed by atoms with E-state index in [0.717, 1.165) is 17.4 Å². The number of aromatic nitrogens is 1. The van der Waals surface area contributed by atoms with Gasteiger partial charge in [0.1, 0.15) is 11.6 Å². The fourth-order valence-electron chi connectivity index (χ4n) is 3.55. The Labute approximate surface area is 167 Å². The third-order valence-electron chi connectivity index (χ3n) is 5.14. The molecule has 0 spiro atoms. The van der Waals surface area contributed by atoms with E-state index < -0.39 is 23.1 Å². The average Bonchev–Trinajstić information content (AvgIpc) is 2.75. The van der Waals surface area contributed by atoms with Gasteiger partial charge >= 0.3 is 0 Å². The first-order valence-corrected chi connectivity index (χ1v) is 9.04. The van der Waals surface area contributed by atoms with Crippen molar-refractivity contribution in [2.45, 2.75) is 12.0 Å². The Kier molecular flexibility index (Phi) is 6.19. The summed E-state index contributed by atoms with van der Waals surface area (Å²) in [5.74, 6) is -2.05. The van der Waals surface area contributed by atoms with E-state index in [1.807, 2.05) is 0 Å². The molecule has 0 aliphatic carbocycles. The van der Waals surface area contributed by atoms with Crippen molar-refractivity contribution in [2.24, 2.45) is 5.92 Å². The Bertz CT molecular complexity index is 911. The molecule has 2 N–H and O–H groups in total. The number of pyridine rings is 1. The highest BCUT2D eigenvalue weighted by molar-refractivity contribution is 5.89. The number of amides is 1. The van der Waals surface area contributed by atoms with Crippen LogP contribution < -0.4 is 10.1 Å². The van der Waals surface area contributed by atoms with E-state index in [9.17, 15) is 13.6 Å². The first-order chi connectivity index (χ1) is 13.9. The highest BCUT2D eigenvalue weighted by atomic mass is 19.1. The number of nitrogens with one attached hydrogen (secondary N) is 2. The van der Waals surface area contributed by atoms with Gasteiger partial charge in [0.25, 0.3) is 0 Å². The maximum absolute atomic E-state index is 14.9. The minimum absolute atomic E-state index is 0.0490. The molecule has 7 nitrogen and oxygen atoms in total. The van der Waals surface area contributed by atoms with Crippen LogP contribution in [0.2, 0.25) is 0 Å². The summed E-state index contributed by atoms with van der Waals surface area (Å²) in [6.45, 7) is 0.390.